The normalized spacial score (nSPS) is 41.8. The number of methoxy groups -OCH3 is 3. The van der Waals surface area contributed by atoms with Gasteiger partial charge in [-0.2, -0.15) is 0 Å². The van der Waals surface area contributed by atoms with Crippen molar-refractivity contribution in [3.05, 3.63) is 0 Å². The summed E-state index contributed by atoms with van der Waals surface area (Å²) in [5, 5.41) is 9.54. The van der Waals surface area contributed by atoms with Crippen molar-refractivity contribution in [3.8, 4) is 0 Å². The lowest BCUT2D eigenvalue weighted by molar-refractivity contribution is -0.296. The van der Waals surface area contributed by atoms with Crippen molar-refractivity contribution in [2.45, 2.75) is 30.7 Å². The van der Waals surface area contributed by atoms with Gasteiger partial charge in [0.05, 0.1) is 0 Å². The minimum atomic E-state index is -1.20. The predicted octanol–water partition coefficient (Wildman–Crippen LogP) is -0.282. The first-order valence-electron chi connectivity index (χ1n) is 4.67. The third-order valence-electron chi connectivity index (χ3n) is 2.58. The molecule has 5 nitrogen and oxygen atoms in total. The number of alkyl halides is 1. The molecule has 5 atom stereocenters. The van der Waals surface area contributed by atoms with Crippen LogP contribution in [-0.2, 0) is 18.9 Å². The maximum absolute atomic E-state index is 12.6. The number of aliphatic hydroxyl groups is 1. The van der Waals surface area contributed by atoms with Gasteiger partial charge in [0.2, 0.25) is 0 Å². The molecule has 15 heavy (non-hydrogen) atoms. The second-order valence-corrected chi connectivity index (χ2v) is 3.32. The van der Waals surface area contributed by atoms with Crippen LogP contribution in [0.3, 0.4) is 0 Å². The van der Waals surface area contributed by atoms with Crippen LogP contribution in [0.5, 0.6) is 0 Å². The number of rotatable bonds is 4. The van der Waals surface area contributed by atoms with Crippen LogP contribution in [0.15, 0.2) is 0 Å². The van der Waals surface area contributed by atoms with Gasteiger partial charge in [-0.15, -0.1) is 0 Å². The molecule has 1 aliphatic rings. The summed E-state index contributed by atoms with van der Waals surface area (Å²) in [5.41, 5.74) is 0. The smallest absolute Gasteiger partial charge is 0.184 e. The van der Waals surface area contributed by atoms with E-state index in [0.717, 1.165) is 0 Å². The molecule has 0 aromatic heterocycles. The summed E-state index contributed by atoms with van der Waals surface area (Å²) < 4.78 is 32.9. The van der Waals surface area contributed by atoms with E-state index in [9.17, 15) is 9.50 Å². The molecule has 0 bridgehead atoms. The average molecular weight is 224 g/mol. The second-order valence-electron chi connectivity index (χ2n) is 3.32. The maximum atomic E-state index is 12.6. The monoisotopic (exact) mass is 224 g/mol. The Morgan fingerprint density at radius 3 is 2.00 bits per heavy atom. The number of halogens is 1. The van der Waals surface area contributed by atoms with E-state index in [1.807, 2.05) is 0 Å². The van der Waals surface area contributed by atoms with E-state index in [4.69, 9.17) is 18.9 Å². The van der Waals surface area contributed by atoms with E-state index >= 15 is 0 Å². The minimum Gasteiger partial charge on any atom is -0.376 e. The lowest BCUT2D eigenvalue weighted by Gasteiger charge is -2.42. The molecule has 6 heteroatoms. The van der Waals surface area contributed by atoms with Gasteiger partial charge in [-0.05, 0) is 0 Å². The maximum Gasteiger partial charge on any atom is 0.184 e. The lowest BCUT2D eigenvalue weighted by atomic mass is 9.99. The third-order valence-corrected chi connectivity index (χ3v) is 2.58. The quantitative estimate of drug-likeness (QED) is 0.711. The fourth-order valence-corrected chi connectivity index (χ4v) is 1.82. The van der Waals surface area contributed by atoms with Gasteiger partial charge in [-0.1, -0.05) is 0 Å². The first-order chi connectivity index (χ1) is 7.19. The summed E-state index contributed by atoms with van der Waals surface area (Å²) >= 11 is 0. The van der Waals surface area contributed by atoms with E-state index in [0.29, 0.717) is 0 Å². The molecule has 1 saturated heterocycles. The molecule has 1 rings (SSSR count). The van der Waals surface area contributed by atoms with Gasteiger partial charge >= 0.3 is 0 Å². The molecule has 1 fully saturated rings. The van der Waals surface area contributed by atoms with Crippen LogP contribution < -0.4 is 0 Å². The molecule has 0 radical (unpaired) electrons. The van der Waals surface area contributed by atoms with Crippen molar-refractivity contribution in [3.63, 3.8) is 0 Å². The molecular weight excluding hydrogens is 207 g/mol. The van der Waals surface area contributed by atoms with E-state index in [1.54, 1.807) is 0 Å². The number of ether oxygens (including phenoxy) is 4. The van der Waals surface area contributed by atoms with Crippen LogP contribution in [0.4, 0.5) is 4.39 Å². The number of hydrogen-bond acceptors (Lipinski definition) is 5. The van der Waals surface area contributed by atoms with Crippen LogP contribution >= 0.6 is 0 Å². The third kappa shape index (κ3) is 2.46. The zero-order valence-electron chi connectivity index (χ0n) is 9.05. The Morgan fingerprint density at radius 1 is 1.07 bits per heavy atom. The van der Waals surface area contributed by atoms with Crippen molar-refractivity contribution in [2.75, 3.05) is 28.0 Å². The minimum absolute atomic E-state index is 0.551. The van der Waals surface area contributed by atoms with E-state index in [-0.39, 0.29) is 0 Å². The van der Waals surface area contributed by atoms with E-state index in [2.05, 4.69) is 0 Å². The molecular formula is C9H17FO5. The van der Waals surface area contributed by atoms with Crippen LogP contribution in [-0.4, -0.2) is 63.8 Å². The van der Waals surface area contributed by atoms with Crippen molar-refractivity contribution in [2.24, 2.45) is 0 Å². The summed E-state index contributed by atoms with van der Waals surface area (Å²) in [6, 6.07) is 0. The highest BCUT2D eigenvalue weighted by Gasteiger charge is 2.46. The molecule has 0 aromatic carbocycles. The topological polar surface area (TPSA) is 57.2 Å². The SMILES string of the molecule is COC1C(O)OC(CF)C(OC)C1OC. The van der Waals surface area contributed by atoms with E-state index in [1.165, 1.54) is 21.3 Å². The zero-order chi connectivity index (χ0) is 11.4. The van der Waals surface area contributed by atoms with Crippen molar-refractivity contribution in [1.29, 1.82) is 0 Å². The summed E-state index contributed by atoms with van der Waals surface area (Å²) in [6.07, 6.45) is -3.85. The number of aliphatic hydroxyl groups excluding tert-OH is 1. The zero-order valence-corrected chi connectivity index (χ0v) is 9.05. The summed E-state index contributed by atoms with van der Waals surface area (Å²) in [7, 11) is 4.31. The first-order valence-corrected chi connectivity index (χ1v) is 4.67. The van der Waals surface area contributed by atoms with Gasteiger partial charge in [-0.3, -0.25) is 0 Å². The van der Waals surface area contributed by atoms with Crippen LogP contribution in [0.2, 0.25) is 0 Å². The van der Waals surface area contributed by atoms with Crippen molar-refractivity contribution < 1.29 is 28.4 Å². The van der Waals surface area contributed by atoms with Gasteiger partial charge in [0.25, 0.3) is 0 Å². The highest BCUT2D eigenvalue weighted by Crippen LogP contribution is 2.25. The molecule has 0 spiro atoms. The van der Waals surface area contributed by atoms with Crippen LogP contribution in [0, 0.1) is 0 Å². The van der Waals surface area contributed by atoms with Gasteiger partial charge in [0.15, 0.2) is 6.29 Å². The lowest BCUT2D eigenvalue weighted by Crippen LogP contribution is -2.60. The van der Waals surface area contributed by atoms with Crippen LogP contribution in [0.25, 0.3) is 0 Å². The fourth-order valence-electron chi connectivity index (χ4n) is 1.82. The highest BCUT2D eigenvalue weighted by atomic mass is 19.1. The van der Waals surface area contributed by atoms with Crippen molar-refractivity contribution >= 4 is 0 Å². The Labute approximate surface area is 88.1 Å². The predicted molar refractivity (Wildman–Crippen MR) is 49.2 cm³/mol. The highest BCUT2D eigenvalue weighted by molar-refractivity contribution is 4.91. The van der Waals surface area contributed by atoms with Gasteiger partial charge < -0.3 is 24.1 Å². The molecule has 90 valence electrons. The standard InChI is InChI=1S/C9H17FO5/c1-12-6-5(4-10)15-9(11)8(14-3)7(6)13-2/h5-9,11H,4H2,1-3H3. The largest absolute Gasteiger partial charge is 0.376 e. The Hall–Kier alpha value is -0.270. The fraction of sp³-hybridized carbons (Fsp3) is 1.00. The van der Waals surface area contributed by atoms with Gasteiger partial charge in [0, 0.05) is 21.3 Å². The van der Waals surface area contributed by atoms with E-state index < -0.39 is 37.4 Å². The van der Waals surface area contributed by atoms with Crippen LogP contribution in [0.1, 0.15) is 0 Å². The molecule has 0 saturated carbocycles. The summed E-state index contributed by atoms with van der Waals surface area (Å²) in [4.78, 5) is 0. The molecule has 1 N–H and O–H groups in total. The second kappa shape index (κ2) is 5.72. The Balaban J connectivity index is 2.80. The Bertz CT molecular complexity index is 191. The Kier molecular flexibility index (Phi) is 4.88. The molecule has 5 unspecified atom stereocenters. The molecule has 1 heterocycles. The molecule has 0 aromatic rings. The molecule has 0 aliphatic carbocycles. The summed E-state index contributed by atoms with van der Waals surface area (Å²) in [6.45, 7) is -0.744. The van der Waals surface area contributed by atoms with Crippen molar-refractivity contribution in [1.82, 2.24) is 0 Å². The molecule has 1 aliphatic heterocycles. The number of hydrogen-bond donors (Lipinski definition) is 1. The van der Waals surface area contributed by atoms with Gasteiger partial charge in [0.1, 0.15) is 31.1 Å². The molecule has 0 amide bonds. The Morgan fingerprint density at radius 2 is 1.60 bits per heavy atom. The average Bonchev–Trinajstić information content (AvgIpc) is 2.27. The van der Waals surface area contributed by atoms with Gasteiger partial charge in [-0.25, -0.2) is 4.39 Å². The summed E-state index contributed by atoms with van der Waals surface area (Å²) in [5.74, 6) is 0. The first kappa shape index (κ1) is 12.8.